The minimum atomic E-state index is -2.84. The molecule has 0 spiro atoms. The standard InChI is InChI=1S/C10H14N2O4S/c1-7(13)10-11-9(16-12-10)6-8-2-4-17(14,15)5-3-8/h8H,2-6H2,1H3. The monoisotopic (exact) mass is 258 g/mol. The van der Waals surface area contributed by atoms with E-state index in [2.05, 4.69) is 10.1 Å². The third kappa shape index (κ3) is 3.12. The van der Waals surface area contributed by atoms with Crippen LogP contribution in [0.5, 0.6) is 0 Å². The molecular formula is C10H14N2O4S. The van der Waals surface area contributed by atoms with Gasteiger partial charge in [0.2, 0.25) is 17.5 Å². The van der Waals surface area contributed by atoms with Crippen molar-refractivity contribution in [2.24, 2.45) is 5.92 Å². The molecular weight excluding hydrogens is 244 g/mol. The van der Waals surface area contributed by atoms with Crippen molar-refractivity contribution in [2.45, 2.75) is 26.2 Å². The predicted octanol–water partition coefficient (Wildman–Crippen LogP) is 0.639. The molecule has 17 heavy (non-hydrogen) atoms. The number of sulfone groups is 1. The highest BCUT2D eigenvalue weighted by molar-refractivity contribution is 7.91. The van der Waals surface area contributed by atoms with Gasteiger partial charge in [-0.2, -0.15) is 4.98 Å². The molecule has 0 amide bonds. The van der Waals surface area contributed by atoms with E-state index in [9.17, 15) is 13.2 Å². The van der Waals surface area contributed by atoms with Gasteiger partial charge in [0.25, 0.3) is 0 Å². The highest BCUT2D eigenvalue weighted by Gasteiger charge is 2.25. The number of aromatic nitrogens is 2. The average molecular weight is 258 g/mol. The minimum Gasteiger partial charge on any atom is -0.339 e. The van der Waals surface area contributed by atoms with Gasteiger partial charge in [-0.1, -0.05) is 5.16 Å². The molecule has 1 aromatic rings. The molecule has 1 aliphatic heterocycles. The van der Waals surface area contributed by atoms with E-state index in [0.29, 0.717) is 25.2 Å². The maximum absolute atomic E-state index is 11.2. The van der Waals surface area contributed by atoms with Crippen LogP contribution in [0.15, 0.2) is 4.52 Å². The highest BCUT2D eigenvalue weighted by atomic mass is 32.2. The van der Waals surface area contributed by atoms with Crippen LogP contribution >= 0.6 is 0 Å². The molecule has 0 N–H and O–H groups in total. The Morgan fingerprint density at radius 1 is 1.41 bits per heavy atom. The SMILES string of the molecule is CC(=O)c1noc(CC2CCS(=O)(=O)CC2)n1. The predicted molar refractivity (Wildman–Crippen MR) is 59.4 cm³/mol. The largest absolute Gasteiger partial charge is 0.339 e. The molecule has 0 aliphatic carbocycles. The van der Waals surface area contributed by atoms with Gasteiger partial charge in [-0.15, -0.1) is 0 Å². The zero-order valence-corrected chi connectivity index (χ0v) is 10.4. The first-order valence-electron chi connectivity index (χ1n) is 5.50. The molecule has 6 nitrogen and oxygen atoms in total. The number of nitrogens with zero attached hydrogens (tertiary/aromatic N) is 2. The van der Waals surface area contributed by atoms with Gasteiger partial charge >= 0.3 is 0 Å². The summed E-state index contributed by atoms with van der Waals surface area (Å²) >= 11 is 0. The van der Waals surface area contributed by atoms with Crippen molar-refractivity contribution in [1.29, 1.82) is 0 Å². The molecule has 0 unspecified atom stereocenters. The molecule has 0 atom stereocenters. The Morgan fingerprint density at radius 3 is 2.59 bits per heavy atom. The Labute approximate surface area is 99.3 Å². The quantitative estimate of drug-likeness (QED) is 0.739. The van der Waals surface area contributed by atoms with E-state index in [1.54, 1.807) is 0 Å². The third-order valence-electron chi connectivity index (χ3n) is 2.92. The second-order valence-electron chi connectivity index (χ2n) is 4.37. The first kappa shape index (κ1) is 12.2. The Hall–Kier alpha value is -1.24. The lowest BCUT2D eigenvalue weighted by Gasteiger charge is -2.19. The lowest BCUT2D eigenvalue weighted by molar-refractivity contribution is 0.100. The lowest BCUT2D eigenvalue weighted by atomic mass is 9.99. The Morgan fingerprint density at radius 2 is 2.06 bits per heavy atom. The smallest absolute Gasteiger partial charge is 0.238 e. The summed E-state index contributed by atoms with van der Waals surface area (Å²) in [4.78, 5) is 14.9. The van der Waals surface area contributed by atoms with Crippen LogP contribution in [0.3, 0.4) is 0 Å². The molecule has 0 radical (unpaired) electrons. The highest BCUT2D eigenvalue weighted by Crippen LogP contribution is 2.22. The summed E-state index contributed by atoms with van der Waals surface area (Å²) in [5, 5.41) is 3.56. The van der Waals surface area contributed by atoms with Crippen molar-refractivity contribution in [2.75, 3.05) is 11.5 Å². The van der Waals surface area contributed by atoms with Crippen LogP contribution in [0.25, 0.3) is 0 Å². The van der Waals surface area contributed by atoms with E-state index < -0.39 is 9.84 Å². The molecule has 0 saturated carbocycles. The molecule has 2 rings (SSSR count). The maximum atomic E-state index is 11.2. The molecule has 1 fully saturated rings. The lowest BCUT2D eigenvalue weighted by Crippen LogP contribution is -2.24. The van der Waals surface area contributed by atoms with Crippen molar-refractivity contribution in [1.82, 2.24) is 10.1 Å². The second kappa shape index (κ2) is 4.56. The normalized spacial score (nSPS) is 20.3. The molecule has 1 saturated heterocycles. The van der Waals surface area contributed by atoms with Crippen molar-refractivity contribution in [3.05, 3.63) is 11.7 Å². The summed E-state index contributed by atoms with van der Waals surface area (Å²) in [7, 11) is -2.84. The average Bonchev–Trinajstić information content (AvgIpc) is 2.70. The summed E-state index contributed by atoms with van der Waals surface area (Å²) in [6.45, 7) is 1.38. The summed E-state index contributed by atoms with van der Waals surface area (Å²) in [6.07, 6.45) is 1.80. The van der Waals surface area contributed by atoms with Crippen LogP contribution in [0.1, 0.15) is 36.3 Å². The van der Waals surface area contributed by atoms with Crippen LogP contribution in [0.2, 0.25) is 0 Å². The molecule has 7 heteroatoms. The maximum Gasteiger partial charge on any atom is 0.238 e. The van der Waals surface area contributed by atoms with E-state index in [1.165, 1.54) is 6.92 Å². The van der Waals surface area contributed by atoms with Crippen molar-refractivity contribution in [3.63, 3.8) is 0 Å². The first-order valence-corrected chi connectivity index (χ1v) is 7.32. The molecule has 94 valence electrons. The van der Waals surface area contributed by atoms with Crippen LogP contribution in [0.4, 0.5) is 0 Å². The van der Waals surface area contributed by atoms with Crippen molar-refractivity contribution >= 4 is 15.6 Å². The number of hydrogen-bond acceptors (Lipinski definition) is 6. The van der Waals surface area contributed by atoms with Crippen LogP contribution in [0, 0.1) is 5.92 Å². The number of hydrogen-bond donors (Lipinski definition) is 0. The molecule has 1 aromatic heterocycles. The summed E-state index contributed by atoms with van der Waals surface area (Å²) in [5.41, 5.74) is 0. The van der Waals surface area contributed by atoms with Gasteiger partial charge in [0.1, 0.15) is 9.84 Å². The Bertz CT molecular complexity index is 506. The fraction of sp³-hybridized carbons (Fsp3) is 0.700. The first-order chi connectivity index (χ1) is 7.96. The van der Waals surface area contributed by atoms with Gasteiger partial charge in [0.15, 0.2) is 0 Å². The number of carbonyl (C=O) groups excluding carboxylic acids is 1. The summed E-state index contributed by atoms with van der Waals surface area (Å²) < 4.78 is 27.4. The van der Waals surface area contributed by atoms with E-state index in [1.807, 2.05) is 0 Å². The zero-order valence-electron chi connectivity index (χ0n) is 9.55. The molecule has 2 heterocycles. The van der Waals surface area contributed by atoms with Crippen molar-refractivity contribution in [3.8, 4) is 0 Å². The molecule has 0 aromatic carbocycles. The number of ketones is 1. The fourth-order valence-corrected chi connectivity index (χ4v) is 3.46. The van der Waals surface area contributed by atoms with E-state index in [-0.39, 0.29) is 29.0 Å². The topological polar surface area (TPSA) is 90.1 Å². The number of carbonyl (C=O) groups is 1. The van der Waals surface area contributed by atoms with Gasteiger partial charge in [-0.3, -0.25) is 4.79 Å². The fourth-order valence-electron chi connectivity index (χ4n) is 1.87. The van der Waals surface area contributed by atoms with Crippen molar-refractivity contribution < 1.29 is 17.7 Å². The van der Waals surface area contributed by atoms with Crippen LogP contribution < -0.4 is 0 Å². The Kier molecular flexibility index (Phi) is 3.28. The van der Waals surface area contributed by atoms with E-state index >= 15 is 0 Å². The van der Waals surface area contributed by atoms with E-state index in [0.717, 1.165) is 0 Å². The van der Waals surface area contributed by atoms with Gasteiger partial charge in [-0.25, -0.2) is 8.42 Å². The summed E-state index contributed by atoms with van der Waals surface area (Å²) in [6, 6.07) is 0. The zero-order chi connectivity index (χ0) is 12.5. The summed E-state index contributed by atoms with van der Waals surface area (Å²) in [5.74, 6) is 0.976. The van der Waals surface area contributed by atoms with Crippen LogP contribution in [-0.4, -0.2) is 35.8 Å². The van der Waals surface area contributed by atoms with Gasteiger partial charge in [0, 0.05) is 13.3 Å². The molecule has 0 bridgehead atoms. The van der Waals surface area contributed by atoms with E-state index in [4.69, 9.17) is 4.52 Å². The second-order valence-corrected chi connectivity index (χ2v) is 6.67. The van der Waals surface area contributed by atoms with Gasteiger partial charge < -0.3 is 4.52 Å². The third-order valence-corrected chi connectivity index (χ3v) is 4.64. The Balaban J connectivity index is 1.95. The number of Topliss-reactive ketones (excluding diaryl/α,β-unsaturated/α-hetero) is 1. The molecule has 1 aliphatic rings. The minimum absolute atomic E-state index is 0.0865. The van der Waals surface area contributed by atoms with Crippen LogP contribution in [-0.2, 0) is 16.3 Å². The van der Waals surface area contributed by atoms with Gasteiger partial charge in [-0.05, 0) is 18.8 Å². The number of rotatable bonds is 3. The van der Waals surface area contributed by atoms with Gasteiger partial charge in [0.05, 0.1) is 11.5 Å².